The second kappa shape index (κ2) is 3.99. The average molecular weight is 243 g/mol. The van der Waals surface area contributed by atoms with E-state index in [1.54, 1.807) is 6.92 Å². The van der Waals surface area contributed by atoms with E-state index >= 15 is 0 Å². The van der Waals surface area contributed by atoms with E-state index in [4.69, 9.17) is 0 Å². The van der Waals surface area contributed by atoms with Gasteiger partial charge in [-0.05, 0) is 13.3 Å². The van der Waals surface area contributed by atoms with Gasteiger partial charge in [0.05, 0.1) is 5.69 Å². The van der Waals surface area contributed by atoms with Crippen LogP contribution >= 0.6 is 0 Å². The van der Waals surface area contributed by atoms with Crippen molar-refractivity contribution in [2.75, 3.05) is 0 Å². The molecule has 0 amide bonds. The molecule has 0 radical (unpaired) electrons. The molecule has 8 heteroatoms. The lowest BCUT2D eigenvalue weighted by Gasteiger charge is -2.18. The van der Waals surface area contributed by atoms with Gasteiger partial charge in [-0.2, -0.15) is 22.0 Å². The van der Waals surface area contributed by atoms with Crippen LogP contribution in [0.2, 0.25) is 0 Å². The monoisotopic (exact) mass is 243 g/mol. The molecule has 16 heavy (non-hydrogen) atoms. The molecule has 0 atom stereocenters. The Kier molecular flexibility index (Phi) is 3.20. The lowest BCUT2D eigenvalue weighted by atomic mass is 10.1. The molecule has 0 N–H and O–H groups in total. The minimum Gasteiger partial charge on any atom is -0.249 e. The van der Waals surface area contributed by atoms with E-state index in [1.807, 2.05) is 0 Å². The van der Waals surface area contributed by atoms with Gasteiger partial charge in [-0.3, -0.25) is 0 Å². The number of aromatic nitrogens is 3. The van der Waals surface area contributed by atoms with Gasteiger partial charge in [0.2, 0.25) is 0 Å². The first-order valence-electron chi connectivity index (χ1n) is 4.63. The van der Waals surface area contributed by atoms with Crippen LogP contribution in [-0.2, 0) is 18.9 Å². The molecule has 1 aromatic heterocycles. The Bertz CT molecular complexity index is 368. The smallest absolute Gasteiger partial charge is 0.249 e. The molecule has 0 fully saturated rings. The van der Waals surface area contributed by atoms with Crippen molar-refractivity contribution < 1.29 is 22.0 Å². The summed E-state index contributed by atoms with van der Waals surface area (Å²) in [6.07, 6.45) is -5.63. The molecule has 0 unspecified atom stereocenters. The highest BCUT2D eigenvalue weighted by Crippen LogP contribution is 2.44. The standard InChI is InChI=1S/C8H10F5N3/c1-3-5-6(14-15-16(5)4-2)7(9,10)8(11,12)13/h3-4H2,1-2H3. The van der Waals surface area contributed by atoms with E-state index in [-0.39, 0.29) is 18.7 Å². The molecule has 1 heterocycles. The molecule has 1 rings (SSSR count). The Morgan fingerprint density at radius 2 is 1.69 bits per heavy atom. The van der Waals surface area contributed by atoms with Crippen molar-refractivity contribution in [3.63, 3.8) is 0 Å². The number of aryl methyl sites for hydroxylation is 1. The second-order valence-corrected chi connectivity index (χ2v) is 3.13. The summed E-state index contributed by atoms with van der Waals surface area (Å²) < 4.78 is 63.4. The SMILES string of the molecule is CCc1c(C(F)(F)C(F)(F)F)nnn1CC. The van der Waals surface area contributed by atoms with E-state index < -0.39 is 17.8 Å². The van der Waals surface area contributed by atoms with Gasteiger partial charge < -0.3 is 0 Å². The Morgan fingerprint density at radius 1 is 1.12 bits per heavy atom. The molecule has 0 aliphatic carbocycles. The first kappa shape index (κ1) is 12.9. The molecule has 0 aliphatic heterocycles. The number of halogens is 5. The average Bonchev–Trinajstić information content (AvgIpc) is 2.58. The zero-order chi connectivity index (χ0) is 12.6. The largest absolute Gasteiger partial charge is 0.459 e. The van der Waals surface area contributed by atoms with Gasteiger partial charge in [-0.25, -0.2) is 4.68 Å². The summed E-state index contributed by atoms with van der Waals surface area (Å²) >= 11 is 0. The maximum atomic E-state index is 13.0. The van der Waals surface area contributed by atoms with E-state index in [0.717, 1.165) is 4.68 Å². The minimum atomic E-state index is -5.65. The highest BCUT2D eigenvalue weighted by molar-refractivity contribution is 5.18. The third-order valence-corrected chi connectivity index (χ3v) is 2.13. The van der Waals surface area contributed by atoms with E-state index in [1.165, 1.54) is 6.92 Å². The van der Waals surface area contributed by atoms with Crippen molar-refractivity contribution in [1.82, 2.24) is 15.0 Å². The summed E-state index contributed by atoms with van der Waals surface area (Å²) in [5, 5.41) is 6.21. The van der Waals surface area contributed by atoms with Gasteiger partial charge in [0.25, 0.3) is 0 Å². The van der Waals surface area contributed by atoms with Gasteiger partial charge >= 0.3 is 12.1 Å². The van der Waals surface area contributed by atoms with Crippen LogP contribution in [-0.4, -0.2) is 21.2 Å². The number of hydrogen-bond donors (Lipinski definition) is 0. The molecular weight excluding hydrogens is 233 g/mol. The normalized spacial score (nSPS) is 13.2. The third kappa shape index (κ3) is 1.88. The van der Waals surface area contributed by atoms with Crippen molar-refractivity contribution in [3.8, 4) is 0 Å². The predicted molar refractivity (Wildman–Crippen MR) is 45.0 cm³/mol. The van der Waals surface area contributed by atoms with Gasteiger partial charge in [-0.1, -0.05) is 12.1 Å². The molecule has 92 valence electrons. The second-order valence-electron chi connectivity index (χ2n) is 3.13. The van der Waals surface area contributed by atoms with Crippen LogP contribution in [0.3, 0.4) is 0 Å². The molecule has 1 aromatic rings. The van der Waals surface area contributed by atoms with Crippen LogP contribution in [0.25, 0.3) is 0 Å². The molecule has 3 nitrogen and oxygen atoms in total. The fraction of sp³-hybridized carbons (Fsp3) is 0.750. The molecule has 0 saturated heterocycles. The Labute approximate surface area is 88.2 Å². The van der Waals surface area contributed by atoms with E-state index in [9.17, 15) is 22.0 Å². The predicted octanol–water partition coefficient (Wildman–Crippen LogP) is 2.51. The van der Waals surface area contributed by atoms with Gasteiger partial charge in [0.15, 0.2) is 5.69 Å². The van der Waals surface area contributed by atoms with Crippen molar-refractivity contribution in [2.24, 2.45) is 0 Å². The van der Waals surface area contributed by atoms with Gasteiger partial charge in [0.1, 0.15) is 0 Å². The van der Waals surface area contributed by atoms with Crippen LogP contribution < -0.4 is 0 Å². The minimum absolute atomic E-state index is 0.0157. The lowest BCUT2D eigenvalue weighted by molar-refractivity contribution is -0.291. The van der Waals surface area contributed by atoms with Crippen molar-refractivity contribution in [1.29, 1.82) is 0 Å². The molecule has 0 aliphatic rings. The summed E-state index contributed by atoms with van der Waals surface area (Å²) in [6.45, 7) is 3.26. The Balaban J connectivity index is 3.28. The van der Waals surface area contributed by atoms with Crippen LogP contribution in [0.15, 0.2) is 0 Å². The van der Waals surface area contributed by atoms with Crippen molar-refractivity contribution >= 4 is 0 Å². The fourth-order valence-corrected chi connectivity index (χ4v) is 1.31. The number of nitrogens with zero attached hydrogens (tertiary/aromatic N) is 3. The molecule has 0 aromatic carbocycles. The quantitative estimate of drug-likeness (QED) is 0.764. The summed E-state index contributed by atoms with van der Waals surface area (Å²) in [5.74, 6) is -4.95. The van der Waals surface area contributed by atoms with Crippen molar-refractivity contribution in [2.45, 2.75) is 38.9 Å². The molecular formula is C8H10F5N3. The molecule has 0 bridgehead atoms. The number of rotatable bonds is 3. The highest BCUT2D eigenvalue weighted by Gasteiger charge is 2.61. The zero-order valence-corrected chi connectivity index (χ0v) is 8.65. The molecule has 0 saturated carbocycles. The maximum absolute atomic E-state index is 13.0. The number of hydrogen-bond acceptors (Lipinski definition) is 2. The van der Waals surface area contributed by atoms with Crippen LogP contribution in [0.4, 0.5) is 22.0 Å². The van der Waals surface area contributed by atoms with Gasteiger partial charge in [0, 0.05) is 6.54 Å². The van der Waals surface area contributed by atoms with E-state index in [2.05, 4.69) is 10.3 Å². The Hall–Kier alpha value is -1.21. The maximum Gasteiger partial charge on any atom is 0.459 e. The summed E-state index contributed by atoms with van der Waals surface area (Å²) in [4.78, 5) is 0. The fourth-order valence-electron chi connectivity index (χ4n) is 1.31. The summed E-state index contributed by atoms with van der Waals surface area (Å²) in [6, 6.07) is 0. The first-order chi connectivity index (χ1) is 7.25. The Morgan fingerprint density at radius 3 is 2.06 bits per heavy atom. The van der Waals surface area contributed by atoms with E-state index in [0.29, 0.717) is 0 Å². The number of alkyl halides is 5. The highest BCUT2D eigenvalue weighted by atomic mass is 19.4. The molecule has 0 spiro atoms. The summed E-state index contributed by atoms with van der Waals surface area (Å²) in [7, 11) is 0. The van der Waals surface area contributed by atoms with Crippen LogP contribution in [0, 0.1) is 0 Å². The van der Waals surface area contributed by atoms with Crippen molar-refractivity contribution in [3.05, 3.63) is 11.4 Å². The van der Waals surface area contributed by atoms with Gasteiger partial charge in [-0.15, -0.1) is 5.10 Å². The third-order valence-electron chi connectivity index (χ3n) is 2.13. The topological polar surface area (TPSA) is 30.7 Å². The zero-order valence-electron chi connectivity index (χ0n) is 8.65. The first-order valence-corrected chi connectivity index (χ1v) is 4.63. The van der Waals surface area contributed by atoms with Crippen LogP contribution in [0.1, 0.15) is 25.2 Å². The summed E-state index contributed by atoms with van der Waals surface area (Å²) in [5.41, 5.74) is -1.49. The van der Waals surface area contributed by atoms with Crippen LogP contribution in [0.5, 0.6) is 0 Å². The lowest BCUT2D eigenvalue weighted by Crippen LogP contribution is -2.35.